The van der Waals surface area contributed by atoms with Crippen LogP contribution in [0.3, 0.4) is 0 Å². The van der Waals surface area contributed by atoms with Crippen molar-refractivity contribution < 1.29 is 0 Å². The summed E-state index contributed by atoms with van der Waals surface area (Å²) in [4.78, 5) is 1.22. The molecule has 0 spiro atoms. The Hall–Kier alpha value is -1.16. The lowest BCUT2D eigenvalue weighted by Gasteiger charge is -2.25. The molecule has 0 atom stereocenters. The normalized spacial score (nSPS) is 19.2. The number of hydrogen-bond acceptors (Lipinski definition) is 4. The number of hydrogen-bond donors (Lipinski definition) is 2. The Morgan fingerprint density at radius 1 is 1.25 bits per heavy atom. The molecular formula is C16H23N3S. The fourth-order valence-corrected chi connectivity index (χ4v) is 3.62. The van der Waals surface area contributed by atoms with Crippen LogP contribution < -0.4 is 10.6 Å². The van der Waals surface area contributed by atoms with Crippen LogP contribution in [0.2, 0.25) is 0 Å². The third-order valence-electron chi connectivity index (χ3n) is 3.99. The van der Waals surface area contributed by atoms with E-state index in [1.165, 1.54) is 48.3 Å². The molecular weight excluding hydrogens is 266 g/mol. The van der Waals surface area contributed by atoms with E-state index in [1.54, 1.807) is 11.9 Å². The quantitative estimate of drug-likeness (QED) is 0.786. The maximum absolute atomic E-state index is 4.46. The molecule has 0 saturated heterocycles. The lowest BCUT2D eigenvalue weighted by Crippen LogP contribution is -2.36. The molecule has 3 nitrogen and oxygen atoms in total. The Morgan fingerprint density at radius 2 is 2.05 bits per heavy atom. The lowest BCUT2D eigenvalue weighted by molar-refractivity contribution is 0.443. The Bertz CT molecular complexity index is 504. The van der Waals surface area contributed by atoms with Gasteiger partial charge in [0, 0.05) is 18.0 Å². The number of benzene rings is 1. The monoisotopic (exact) mass is 289 g/mol. The summed E-state index contributed by atoms with van der Waals surface area (Å²) in [6.07, 6.45) is 6.86. The van der Waals surface area contributed by atoms with Crippen molar-refractivity contribution in [1.82, 2.24) is 5.32 Å². The average Bonchev–Trinajstić information content (AvgIpc) is 2.47. The van der Waals surface area contributed by atoms with Gasteiger partial charge in [-0.1, -0.05) is 25.3 Å². The van der Waals surface area contributed by atoms with E-state index in [2.05, 4.69) is 47.1 Å². The van der Waals surface area contributed by atoms with Gasteiger partial charge in [-0.2, -0.15) is 4.40 Å². The van der Waals surface area contributed by atoms with Crippen LogP contribution in [0.15, 0.2) is 27.5 Å². The molecule has 0 unspecified atom stereocenters. The van der Waals surface area contributed by atoms with Crippen LogP contribution in [0, 0.1) is 0 Å². The zero-order valence-electron chi connectivity index (χ0n) is 12.3. The zero-order valence-corrected chi connectivity index (χ0v) is 13.1. The fourth-order valence-electron chi connectivity index (χ4n) is 3.00. The van der Waals surface area contributed by atoms with E-state index in [1.807, 2.05) is 0 Å². The predicted octanol–water partition coefficient (Wildman–Crippen LogP) is 4.52. The molecule has 1 saturated carbocycles. The molecule has 1 aromatic carbocycles. The van der Waals surface area contributed by atoms with Crippen LogP contribution in [0.1, 0.15) is 57.4 Å². The van der Waals surface area contributed by atoms with Crippen molar-refractivity contribution in [3.05, 3.63) is 23.8 Å². The van der Waals surface area contributed by atoms with Crippen LogP contribution in [-0.4, -0.2) is 12.0 Å². The van der Waals surface area contributed by atoms with Gasteiger partial charge in [-0.05, 0) is 50.3 Å². The standard InChI is InChI=1S/C16H23N3S/c1-11(2)17-16-18-14-10-13(8-9-15(14)20-19-16)12-6-4-3-5-7-12/h8-12H,3-7H2,1-2H3,(H2,17,18,19). The molecule has 0 aromatic heterocycles. The third-order valence-corrected chi connectivity index (χ3v) is 4.82. The second kappa shape index (κ2) is 6.08. The highest BCUT2D eigenvalue weighted by molar-refractivity contribution is 7.98. The van der Waals surface area contributed by atoms with E-state index in [9.17, 15) is 0 Å². The number of nitrogens with zero attached hydrogens (tertiary/aromatic N) is 1. The van der Waals surface area contributed by atoms with Crippen molar-refractivity contribution in [2.75, 3.05) is 5.32 Å². The summed E-state index contributed by atoms with van der Waals surface area (Å²) in [6.45, 7) is 4.26. The molecule has 1 aliphatic heterocycles. The number of rotatable bonds is 2. The lowest BCUT2D eigenvalue weighted by atomic mass is 9.84. The molecule has 0 radical (unpaired) electrons. The van der Waals surface area contributed by atoms with Gasteiger partial charge in [0.05, 0.1) is 10.6 Å². The summed E-state index contributed by atoms with van der Waals surface area (Å²) in [7, 11) is 0. The van der Waals surface area contributed by atoms with Crippen molar-refractivity contribution >= 4 is 23.6 Å². The Balaban J connectivity index is 1.76. The Morgan fingerprint density at radius 3 is 2.80 bits per heavy atom. The van der Waals surface area contributed by atoms with Crippen LogP contribution >= 0.6 is 11.9 Å². The van der Waals surface area contributed by atoms with Gasteiger partial charge in [-0.25, -0.2) is 0 Å². The molecule has 4 heteroatoms. The smallest absolute Gasteiger partial charge is 0.208 e. The van der Waals surface area contributed by atoms with E-state index in [4.69, 9.17) is 0 Å². The van der Waals surface area contributed by atoms with Crippen molar-refractivity contribution in [2.24, 2.45) is 4.40 Å². The first kappa shape index (κ1) is 13.8. The highest BCUT2D eigenvalue weighted by Gasteiger charge is 2.19. The molecule has 108 valence electrons. The molecule has 1 aromatic rings. The highest BCUT2D eigenvalue weighted by atomic mass is 32.2. The maximum atomic E-state index is 4.46. The molecule has 1 fully saturated rings. The molecule has 0 amide bonds. The number of anilines is 1. The summed E-state index contributed by atoms with van der Waals surface area (Å²) >= 11 is 1.56. The molecule has 2 N–H and O–H groups in total. The highest BCUT2D eigenvalue weighted by Crippen LogP contribution is 2.38. The molecule has 2 aliphatic rings. The second-order valence-corrected chi connectivity index (χ2v) is 6.85. The average molecular weight is 289 g/mol. The first-order valence-corrected chi connectivity index (χ1v) is 8.42. The number of fused-ring (bicyclic) bond motifs is 1. The van der Waals surface area contributed by atoms with Gasteiger partial charge < -0.3 is 10.6 Å². The second-order valence-electron chi connectivity index (χ2n) is 6.05. The predicted molar refractivity (Wildman–Crippen MR) is 87.5 cm³/mol. The van der Waals surface area contributed by atoms with E-state index in [-0.39, 0.29) is 0 Å². The first-order chi connectivity index (χ1) is 9.72. The van der Waals surface area contributed by atoms with Gasteiger partial charge in [-0.3, -0.25) is 0 Å². The van der Waals surface area contributed by atoms with Gasteiger partial charge in [0.25, 0.3) is 0 Å². The van der Waals surface area contributed by atoms with Gasteiger partial charge >= 0.3 is 0 Å². The fraction of sp³-hybridized carbons (Fsp3) is 0.562. The molecule has 20 heavy (non-hydrogen) atoms. The summed E-state index contributed by atoms with van der Waals surface area (Å²) in [5.74, 6) is 1.62. The van der Waals surface area contributed by atoms with E-state index >= 15 is 0 Å². The van der Waals surface area contributed by atoms with Gasteiger partial charge in [-0.15, -0.1) is 0 Å². The van der Waals surface area contributed by atoms with Crippen LogP contribution in [0.5, 0.6) is 0 Å². The van der Waals surface area contributed by atoms with E-state index in [0.29, 0.717) is 6.04 Å². The SMILES string of the molecule is CC(C)NC1=NSc2ccc(C3CCCCC3)cc2N1. The summed E-state index contributed by atoms with van der Waals surface area (Å²) in [5.41, 5.74) is 2.69. The van der Waals surface area contributed by atoms with Gasteiger partial charge in [0.15, 0.2) is 0 Å². The maximum Gasteiger partial charge on any atom is 0.208 e. The van der Waals surface area contributed by atoms with Crippen molar-refractivity contribution in [1.29, 1.82) is 0 Å². The summed E-state index contributed by atoms with van der Waals surface area (Å²) in [5, 5.41) is 6.77. The van der Waals surface area contributed by atoms with Crippen molar-refractivity contribution in [3.8, 4) is 0 Å². The van der Waals surface area contributed by atoms with Crippen LogP contribution in [0.25, 0.3) is 0 Å². The molecule has 3 rings (SSSR count). The summed E-state index contributed by atoms with van der Waals surface area (Å²) < 4.78 is 4.46. The Kier molecular flexibility index (Phi) is 4.20. The topological polar surface area (TPSA) is 36.4 Å². The number of guanidine groups is 1. The van der Waals surface area contributed by atoms with Crippen molar-refractivity contribution in [3.63, 3.8) is 0 Å². The largest absolute Gasteiger partial charge is 0.353 e. The first-order valence-electron chi connectivity index (χ1n) is 7.65. The molecule has 0 bridgehead atoms. The minimum atomic E-state index is 0.393. The van der Waals surface area contributed by atoms with E-state index in [0.717, 1.165) is 11.9 Å². The van der Waals surface area contributed by atoms with Crippen molar-refractivity contribution in [2.45, 2.75) is 62.8 Å². The van der Waals surface area contributed by atoms with Crippen LogP contribution in [0.4, 0.5) is 5.69 Å². The number of nitrogens with one attached hydrogen (secondary N) is 2. The van der Waals surface area contributed by atoms with Gasteiger partial charge in [0.2, 0.25) is 5.96 Å². The Labute approximate surface area is 125 Å². The van der Waals surface area contributed by atoms with E-state index < -0.39 is 0 Å². The van der Waals surface area contributed by atoms with Gasteiger partial charge in [0.1, 0.15) is 0 Å². The zero-order chi connectivity index (χ0) is 13.9. The third kappa shape index (κ3) is 3.11. The molecule has 1 aliphatic carbocycles. The van der Waals surface area contributed by atoms with Crippen LogP contribution in [-0.2, 0) is 0 Å². The molecule has 1 heterocycles. The summed E-state index contributed by atoms with van der Waals surface area (Å²) in [6, 6.07) is 7.23. The minimum Gasteiger partial charge on any atom is -0.353 e. The minimum absolute atomic E-state index is 0.393.